The van der Waals surface area contributed by atoms with E-state index in [0.29, 0.717) is 5.56 Å². The molecule has 0 bridgehead atoms. The van der Waals surface area contributed by atoms with Gasteiger partial charge in [0.1, 0.15) is 5.60 Å². The van der Waals surface area contributed by atoms with E-state index in [2.05, 4.69) is 0 Å². The standard InChI is InChI=1S/C12H16O2S/c1-12(2,14)11(13)10-6-4-5-9(7-10)8-15-3/h4-7,14H,8H2,1-3H3. The van der Waals surface area contributed by atoms with E-state index in [-0.39, 0.29) is 5.78 Å². The van der Waals surface area contributed by atoms with Gasteiger partial charge in [-0.15, -0.1) is 0 Å². The fourth-order valence-electron chi connectivity index (χ4n) is 1.32. The van der Waals surface area contributed by atoms with Gasteiger partial charge in [0.2, 0.25) is 0 Å². The van der Waals surface area contributed by atoms with Crippen molar-refractivity contribution >= 4 is 17.5 Å². The lowest BCUT2D eigenvalue weighted by atomic mass is 9.96. The highest BCUT2D eigenvalue weighted by Crippen LogP contribution is 2.16. The third kappa shape index (κ3) is 3.36. The van der Waals surface area contributed by atoms with Crippen molar-refractivity contribution in [3.05, 3.63) is 35.4 Å². The first-order chi connectivity index (χ1) is 6.95. The molecule has 1 aromatic carbocycles. The molecule has 2 nitrogen and oxygen atoms in total. The second kappa shape index (κ2) is 4.81. The molecule has 1 aromatic rings. The molecule has 0 aliphatic rings. The van der Waals surface area contributed by atoms with Gasteiger partial charge in [0.25, 0.3) is 0 Å². The molecule has 15 heavy (non-hydrogen) atoms. The van der Waals surface area contributed by atoms with Gasteiger partial charge in [-0.1, -0.05) is 18.2 Å². The number of thioether (sulfide) groups is 1. The van der Waals surface area contributed by atoms with Gasteiger partial charge in [0.05, 0.1) is 0 Å². The minimum Gasteiger partial charge on any atom is -0.382 e. The molecule has 0 saturated carbocycles. The zero-order valence-corrected chi connectivity index (χ0v) is 10.1. The van der Waals surface area contributed by atoms with Crippen molar-refractivity contribution < 1.29 is 9.90 Å². The third-order valence-corrected chi connectivity index (χ3v) is 2.68. The number of rotatable bonds is 4. The number of Topliss-reactive ketones (excluding diaryl/α,β-unsaturated/α-hetero) is 1. The highest BCUT2D eigenvalue weighted by Gasteiger charge is 2.24. The van der Waals surface area contributed by atoms with Gasteiger partial charge in [-0.2, -0.15) is 11.8 Å². The summed E-state index contributed by atoms with van der Waals surface area (Å²) in [5, 5.41) is 9.61. The van der Waals surface area contributed by atoms with Gasteiger partial charge in [0.15, 0.2) is 5.78 Å². The second-order valence-corrected chi connectivity index (χ2v) is 4.89. The molecule has 0 radical (unpaired) electrons. The number of hydrogen-bond donors (Lipinski definition) is 1. The summed E-state index contributed by atoms with van der Waals surface area (Å²) in [4.78, 5) is 11.8. The maximum atomic E-state index is 11.8. The summed E-state index contributed by atoms with van der Waals surface area (Å²) in [6, 6.07) is 7.42. The Labute approximate surface area is 94.7 Å². The number of aliphatic hydroxyl groups is 1. The Morgan fingerprint density at radius 2 is 2.13 bits per heavy atom. The average molecular weight is 224 g/mol. The predicted octanol–water partition coefficient (Wildman–Crippen LogP) is 2.50. The van der Waals surface area contributed by atoms with Crippen LogP contribution in [0.15, 0.2) is 24.3 Å². The van der Waals surface area contributed by atoms with Crippen LogP contribution in [0.2, 0.25) is 0 Å². The van der Waals surface area contributed by atoms with E-state index in [1.165, 1.54) is 13.8 Å². The Morgan fingerprint density at radius 3 is 2.67 bits per heavy atom. The normalized spacial score (nSPS) is 11.5. The maximum absolute atomic E-state index is 11.8. The zero-order chi connectivity index (χ0) is 11.5. The molecule has 0 spiro atoms. The molecule has 0 aliphatic carbocycles. The lowest BCUT2D eigenvalue weighted by Gasteiger charge is -2.15. The Morgan fingerprint density at radius 1 is 1.47 bits per heavy atom. The summed E-state index contributed by atoms with van der Waals surface area (Å²) < 4.78 is 0. The minimum absolute atomic E-state index is 0.231. The zero-order valence-electron chi connectivity index (χ0n) is 9.28. The van der Waals surface area contributed by atoms with E-state index in [1.54, 1.807) is 17.8 Å². The van der Waals surface area contributed by atoms with Crippen molar-refractivity contribution in [3.63, 3.8) is 0 Å². The monoisotopic (exact) mass is 224 g/mol. The van der Waals surface area contributed by atoms with Crippen LogP contribution in [0.1, 0.15) is 29.8 Å². The highest BCUT2D eigenvalue weighted by atomic mass is 32.2. The lowest BCUT2D eigenvalue weighted by molar-refractivity contribution is 0.0488. The summed E-state index contributed by atoms with van der Waals surface area (Å²) >= 11 is 1.71. The number of carbonyl (C=O) groups is 1. The Balaban J connectivity index is 2.95. The van der Waals surface area contributed by atoms with Crippen molar-refractivity contribution in [2.45, 2.75) is 25.2 Å². The van der Waals surface area contributed by atoms with Crippen molar-refractivity contribution in [3.8, 4) is 0 Å². The number of ketones is 1. The van der Waals surface area contributed by atoms with Crippen LogP contribution in [0, 0.1) is 0 Å². The van der Waals surface area contributed by atoms with Crippen molar-refractivity contribution in [2.24, 2.45) is 0 Å². The number of carbonyl (C=O) groups excluding carboxylic acids is 1. The van der Waals surface area contributed by atoms with Crippen LogP contribution in [0.5, 0.6) is 0 Å². The molecule has 0 heterocycles. The average Bonchev–Trinajstić information content (AvgIpc) is 2.16. The van der Waals surface area contributed by atoms with Gasteiger partial charge >= 0.3 is 0 Å². The van der Waals surface area contributed by atoms with Crippen LogP contribution < -0.4 is 0 Å². The van der Waals surface area contributed by atoms with Crippen LogP contribution in [0.25, 0.3) is 0 Å². The Kier molecular flexibility index (Phi) is 3.94. The van der Waals surface area contributed by atoms with E-state index in [4.69, 9.17) is 0 Å². The van der Waals surface area contributed by atoms with Crippen molar-refractivity contribution in [1.82, 2.24) is 0 Å². The van der Waals surface area contributed by atoms with E-state index >= 15 is 0 Å². The molecule has 0 saturated heterocycles. The first kappa shape index (κ1) is 12.3. The quantitative estimate of drug-likeness (QED) is 0.798. The van der Waals surface area contributed by atoms with Crippen LogP contribution >= 0.6 is 11.8 Å². The number of hydrogen-bond acceptors (Lipinski definition) is 3. The highest BCUT2D eigenvalue weighted by molar-refractivity contribution is 7.97. The molecule has 0 fully saturated rings. The molecule has 0 aliphatic heterocycles. The molecule has 0 aromatic heterocycles. The van der Waals surface area contributed by atoms with Crippen molar-refractivity contribution in [1.29, 1.82) is 0 Å². The largest absolute Gasteiger partial charge is 0.382 e. The predicted molar refractivity (Wildman–Crippen MR) is 64.3 cm³/mol. The van der Waals surface area contributed by atoms with Gasteiger partial charge in [-0.3, -0.25) is 4.79 Å². The van der Waals surface area contributed by atoms with E-state index < -0.39 is 5.60 Å². The summed E-state index contributed by atoms with van der Waals surface area (Å²) in [6.07, 6.45) is 2.02. The first-order valence-corrected chi connectivity index (χ1v) is 6.19. The third-order valence-electron chi connectivity index (χ3n) is 2.06. The maximum Gasteiger partial charge on any atom is 0.193 e. The van der Waals surface area contributed by atoms with Crippen LogP contribution in [-0.2, 0) is 5.75 Å². The second-order valence-electron chi connectivity index (χ2n) is 4.02. The Bertz CT molecular complexity index is 353. The molecular formula is C12H16O2S. The Hall–Kier alpha value is -0.800. The molecule has 3 heteroatoms. The lowest BCUT2D eigenvalue weighted by Crippen LogP contribution is -2.31. The van der Waals surface area contributed by atoms with Crippen molar-refractivity contribution in [2.75, 3.05) is 6.26 Å². The van der Waals surface area contributed by atoms with Crippen LogP contribution in [-0.4, -0.2) is 22.7 Å². The van der Waals surface area contributed by atoms with E-state index in [9.17, 15) is 9.90 Å². The molecule has 82 valence electrons. The molecule has 0 amide bonds. The van der Waals surface area contributed by atoms with Gasteiger partial charge in [-0.25, -0.2) is 0 Å². The first-order valence-electron chi connectivity index (χ1n) is 4.80. The van der Waals surface area contributed by atoms with Crippen LogP contribution in [0.4, 0.5) is 0 Å². The van der Waals surface area contributed by atoms with E-state index in [0.717, 1.165) is 11.3 Å². The smallest absolute Gasteiger partial charge is 0.193 e. The summed E-state index contributed by atoms with van der Waals surface area (Å²) in [5.74, 6) is 0.651. The molecule has 1 N–H and O–H groups in total. The van der Waals surface area contributed by atoms with Gasteiger partial charge in [0, 0.05) is 11.3 Å². The van der Waals surface area contributed by atoms with E-state index in [1.807, 2.05) is 24.5 Å². The SMILES string of the molecule is CSCc1cccc(C(=O)C(C)(C)O)c1. The van der Waals surface area contributed by atoms with Crippen LogP contribution in [0.3, 0.4) is 0 Å². The molecule has 0 unspecified atom stereocenters. The topological polar surface area (TPSA) is 37.3 Å². The molecule has 1 rings (SSSR count). The number of benzene rings is 1. The fourth-order valence-corrected chi connectivity index (χ4v) is 1.84. The fraction of sp³-hybridized carbons (Fsp3) is 0.417. The summed E-state index contributed by atoms with van der Waals surface area (Å²) in [6.45, 7) is 3.02. The summed E-state index contributed by atoms with van der Waals surface area (Å²) in [7, 11) is 0. The summed E-state index contributed by atoms with van der Waals surface area (Å²) in [5.41, 5.74) is 0.393. The van der Waals surface area contributed by atoms with Gasteiger partial charge in [-0.05, 0) is 31.7 Å². The molecule has 0 atom stereocenters. The minimum atomic E-state index is -1.29. The molecular weight excluding hydrogens is 208 g/mol. The van der Waals surface area contributed by atoms with Gasteiger partial charge < -0.3 is 5.11 Å².